The van der Waals surface area contributed by atoms with Crippen LogP contribution in [0.25, 0.3) is 0 Å². The van der Waals surface area contributed by atoms with Crippen LogP contribution in [-0.2, 0) is 27.2 Å². The van der Waals surface area contributed by atoms with Crippen LogP contribution in [0.15, 0.2) is 23.1 Å². The quantitative estimate of drug-likeness (QED) is 0.542. The van der Waals surface area contributed by atoms with Gasteiger partial charge in [0.05, 0.1) is 11.1 Å². The van der Waals surface area contributed by atoms with E-state index in [-0.39, 0.29) is 17.1 Å². The van der Waals surface area contributed by atoms with E-state index in [0.717, 1.165) is 18.2 Å². The first-order valence-electron chi connectivity index (χ1n) is 3.82. The van der Waals surface area contributed by atoms with Gasteiger partial charge in [0.2, 0.25) is 0 Å². The minimum absolute atomic E-state index is 0. The zero-order valence-corrected chi connectivity index (χ0v) is 9.89. The molecule has 0 unspecified atom stereocenters. The van der Waals surface area contributed by atoms with Crippen molar-refractivity contribution in [1.82, 2.24) is 0 Å². The third kappa shape index (κ3) is 3.27. The van der Waals surface area contributed by atoms with Gasteiger partial charge in [-0.1, -0.05) is 6.07 Å². The van der Waals surface area contributed by atoms with E-state index in [1.165, 1.54) is 0 Å². The largest absolute Gasteiger partial charge is 0.478 e. The van der Waals surface area contributed by atoms with Crippen LogP contribution in [0.1, 0.15) is 20.7 Å². The zero-order chi connectivity index (χ0) is 12.5. The van der Waals surface area contributed by atoms with Gasteiger partial charge in [0.1, 0.15) is 4.90 Å². The van der Waals surface area contributed by atoms with Crippen molar-refractivity contribution in [2.24, 2.45) is 0 Å². The van der Waals surface area contributed by atoms with Gasteiger partial charge in [-0.25, -0.2) is 9.59 Å². The number of hydrogen-bond acceptors (Lipinski definition) is 4. The summed E-state index contributed by atoms with van der Waals surface area (Å²) in [5.41, 5.74) is -1.58. The standard InChI is InChI=1S/C8H6O7S.Fe/c9-7(10)4-2-1-3-5(8(11)12)6(4)16(13,14)15;/h1-3H,(H,9,10)(H,11,12)(H,13,14,15);. The molecule has 9 heteroatoms. The molecule has 0 aliphatic heterocycles. The fourth-order valence-electron chi connectivity index (χ4n) is 1.15. The van der Waals surface area contributed by atoms with Crippen LogP contribution in [0.3, 0.4) is 0 Å². The SMILES string of the molecule is O=C(O)c1cccc(C(=O)O)c1S(=O)(=O)O.[Fe]. The Morgan fingerprint density at radius 2 is 1.35 bits per heavy atom. The van der Waals surface area contributed by atoms with Gasteiger partial charge in [-0.05, 0) is 12.1 Å². The van der Waals surface area contributed by atoms with E-state index in [0.29, 0.717) is 0 Å². The van der Waals surface area contributed by atoms with Crippen LogP contribution < -0.4 is 0 Å². The maximum Gasteiger partial charge on any atom is 0.337 e. The molecule has 0 fully saturated rings. The molecule has 0 saturated carbocycles. The minimum Gasteiger partial charge on any atom is -0.478 e. The monoisotopic (exact) mass is 302 g/mol. The van der Waals surface area contributed by atoms with Gasteiger partial charge in [0, 0.05) is 17.1 Å². The molecule has 0 aliphatic rings. The molecule has 0 saturated heterocycles. The molecule has 17 heavy (non-hydrogen) atoms. The molecule has 0 aromatic heterocycles. The normalized spacial score (nSPS) is 10.4. The van der Waals surface area contributed by atoms with Crippen LogP contribution in [-0.4, -0.2) is 35.1 Å². The molecule has 1 aromatic rings. The Balaban J connectivity index is 0.00000256. The minimum atomic E-state index is -4.92. The molecule has 94 valence electrons. The van der Waals surface area contributed by atoms with Crippen molar-refractivity contribution in [3.05, 3.63) is 29.3 Å². The summed E-state index contributed by atoms with van der Waals surface area (Å²) in [6.45, 7) is 0. The molecule has 3 N–H and O–H groups in total. The summed E-state index contributed by atoms with van der Waals surface area (Å²) in [5.74, 6) is -3.29. The number of carboxylic acids is 2. The second-order valence-corrected chi connectivity index (χ2v) is 4.13. The van der Waals surface area contributed by atoms with Crippen LogP contribution >= 0.6 is 0 Å². The van der Waals surface area contributed by atoms with Gasteiger partial charge in [-0.3, -0.25) is 4.55 Å². The third-order valence-electron chi connectivity index (χ3n) is 1.73. The summed E-state index contributed by atoms with van der Waals surface area (Å²) < 4.78 is 30.6. The summed E-state index contributed by atoms with van der Waals surface area (Å²) in [6, 6.07) is 2.84. The Morgan fingerprint density at radius 1 is 1.00 bits per heavy atom. The Bertz CT molecular complexity index is 531. The molecule has 0 amide bonds. The first-order valence-corrected chi connectivity index (χ1v) is 5.26. The zero-order valence-electron chi connectivity index (χ0n) is 7.97. The molecule has 0 radical (unpaired) electrons. The molecule has 0 heterocycles. The number of rotatable bonds is 3. The fourth-order valence-corrected chi connectivity index (χ4v) is 2.02. The average molecular weight is 302 g/mol. The van der Waals surface area contributed by atoms with Crippen LogP contribution in [0.5, 0.6) is 0 Å². The van der Waals surface area contributed by atoms with E-state index in [2.05, 4.69) is 0 Å². The van der Waals surface area contributed by atoms with E-state index in [9.17, 15) is 18.0 Å². The summed E-state index contributed by atoms with van der Waals surface area (Å²) in [7, 11) is -4.92. The van der Waals surface area contributed by atoms with Crippen LogP contribution in [0.4, 0.5) is 0 Å². The van der Waals surface area contributed by atoms with E-state index in [1.54, 1.807) is 0 Å². The molecule has 7 nitrogen and oxygen atoms in total. The molecule has 1 aromatic carbocycles. The van der Waals surface area contributed by atoms with Gasteiger partial charge >= 0.3 is 11.9 Å². The molecule has 0 aliphatic carbocycles. The Labute approximate surface area is 106 Å². The molecular weight excluding hydrogens is 296 g/mol. The number of benzene rings is 1. The van der Waals surface area contributed by atoms with Gasteiger partial charge in [0.15, 0.2) is 0 Å². The third-order valence-corrected chi connectivity index (χ3v) is 2.69. The number of hydrogen-bond donors (Lipinski definition) is 3. The van der Waals surface area contributed by atoms with Crippen molar-refractivity contribution >= 4 is 22.1 Å². The van der Waals surface area contributed by atoms with Gasteiger partial charge in [-0.2, -0.15) is 8.42 Å². The van der Waals surface area contributed by atoms with E-state index >= 15 is 0 Å². The summed E-state index contributed by atoms with van der Waals surface area (Å²) in [4.78, 5) is 20.2. The van der Waals surface area contributed by atoms with E-state index in [4.69, 9.17) is 14.8 Å². The van der Waals surface area contributed by atoms with Crippen molar-refractivity contribution in [1.29, 1.82) is 0 Å². The molecular formula is C8H6FeO7S. The maximum atomic E-state index is 10.9. The molecule has 0 spiro atoms. The van der Waals surface area contributed by atoms with Gasteiger partial charge < -0.3 is 10.2 Å². The van der Waals surface area contributed by atoms with E-state index in [1.807, 2.05) is 0 Å². The number of carboxylic acid groups (broad SMARTS) is 2. The second kappa shape index (κ2) is 5.28. The molecule has 1 rings (SSSR count). The second-order valence-electron chi connectivity index (χ2n) is 2.77. The fraction of sp³-hybridized carbons (Fsp3) is 0. The van der Waals surface area contributed by atoms with Crippen molar-refractivity contribution < 1.29 is 49.8 Å². The smallest absolute Gasteiger partial charge is 0.337 e. The maximum absolute atomic E-state index is 10.9. The van der Waals surface area contributed by atoms with Crippen molar-refractivity contribution in [3.63, 3.8) is 0 Å². The Hall–Kier alpha value is -1.41. The van der Waals surface area contributed by atoms with E-state index < -0.39 is 38.1 Å². The topological polar surface area (TPSA) is 129 Å². The predicted molar refractivity (Wildman–Crippen MR) is 50.2 cm³/mol. The Kier molecular flexibility index (Phi) is 4.84. The molecule has 0 atom stereocenters. The first-order chi connectivity index (χ1) is 7.25. The van der Waals surface area contributed by atoms with Crippen LogP contribution in [0.2, 0.25) is 0 Å². The first kappa shape index (κ1) is 15.6. The molecule has 0 bridgehead atoms. The van der Waals surface area contributed by atoms with Gasteiger partial charge in [0.25, 0.3) is 10.1 Å². The van der Waals surface area contributed by atoms with Gasteiger partial charge in [-0.15, -0.1) is 0 Å². The average Bonchev–Trinajstić information content (AvgIpc) is 2.15. The number of carbonyl (C=O) groups is 2. The summed E-state index contributed by atoms with van der Waals surface area (Å²) in [6.07, 6.45) is 0. The predicted octanol–water partition coefficient (Wildman–Crippen LogP) is 0.327. The van der Waals surface area contributed by atoms with Crippen molar-refractivity contribution in [2.45, 2.75) is 4.90 Å². The Morgan fingerprint density at radius 3 is 1.59 bits per heavy atom. The summed E-state index contributed by atoms with van der Waals surface area (Å²) in [5, 5.41) is 17.3. The van der Waals surface area contributed by atoms with Crippen LogP contribution in [0, 0.1) is 0 Å². The van der Waals surface area contributed by atoms with Crippen molar-refractivity contribution in [3.8, 4) is 0 Å². The number of aromatic carboxylic acids is 2. The summed E-state index contributed by atoms with van der Waals surface area (Å²) >= 11 is 0. The van der Waals surface area contributed by atoms with Crippen molar-refractivity contribution in [2.75, 3.05) is 0 Å².